The second kappa shape index (κ2) is 2.63. The Labute approximate surface area is 72.7 Å². The Morgan fingerprint density at radius 3 is 2.91 bits per heavy atom. The first-order valence-electron chi connectivity index (χ1n) is 4.34. The third-order valence-corrected chi connectivity index (χ3v) is 3.07. The van der Waals surface area contributed by atoms with Crippen molar-refractivity contribution in [2.24, 2.45) is 5.92 Å². The molecular weight excluding hydrogens is 156 g/mol. The lowest BCUT2D eigenvalue weighted by Crippen LogP contribution is -2.41. The predicted molar refractivity (Wildman–Crippen MR) is 49.5 cm³/mol. The maximum atomic E-state index is 5.06. The Balaban J connectivity index is 2.09. The Bertz CT molecular complexity index is 181. The van der Waals surface area contributed by atoms with Gasteiger partial charge in [0.05, 0.1) is 6.04 Å². The predicted octanol–water partition coefficient (Wildman–Crippen LogP) is 1.02. The van der Waals surface area contributed by atoms with Crippen LogP contribution in [0.15, 0.2) is 0 Å². The van der Waals surface area contributed by atoms with Gasteiger partial charge in [-0.25, -0.2) is 0 Å². The maximum Gasteiger partial charge on any atom is 0.166 e. The van der Waals surface area contributed by atoms with Crippen molar-refractivity contribution in [3.05, 3.63) is 0 Å². The summed E-state index contributed by atoms with van der Waals surface area (Å²) in [5.74, 6) is 0.779. The van der Waals surface area contributed by atoms with E-state index in [0.29, 0.717) is 12.1 Å². The van der Waals surface area contributed by atoms with Gasteiger partial charge >= 0.3 is 0 Å². The molecule has 1 saturated carbocycles. The lowest BCUT2D eigenvalue weighted by molar-refractivity contribution is 0.284. The van der Waals surface area contributed by atoms with E-state index in [1.54, 1.807) is 0 Å². The zero-order valence-corrected chi connectivity index (χ0v) is 7.58. The van der Waals surface area contributed by atoms with E-state index in [0.717, 1.165) is 11.0 Å². The van der Waals surface area contributed by atoms with Crippen molar-refractivity contribution in [1.29, 1.82) is 0 Å². The number of rotatable bonds is 0. The summed E-state index contributed by atoms with van der Waals surface area (Å²) in [5, 5.41) is 7.49. The topological polar surface area (TPSA) is 24.1 Å². The molecular formula is C8H14N2S. The maximum absolute atomic E-state index is 5.06. The molecule has 0 amide bonds. The molecule has 3 heteroatoms. The van der Waals surface area contributed by atoms with Crippen molar-refractivity contribution >= 4 is 17.3 Å². The van der Waals surface area contributed by atoms with E-state index in [2.05, 4.69) is 17.6 Å². The third-order valence-electron chi connectivity index (χ3n) is 2.84. The number of hydrogen-bond donors (Lipinski definition) is 2. The summed E-state index contributed by atoms with van der Waals surface area (Å²) in [6.45, 7) is 2.31. The van der Waals surface area contributed by atoms with Crippen LogP contribution in [0.5, 0.6) is 0 Å². The van der Waals surface area contributed by atoms with Crippen molar-refractivity contribution in [3.8, 4) is 0 Å². The van der Waals surface area contributed by atoms with Crippen LogP contribution in [0.25, 0.3) is 0 Å². The molecule has 0 spiro atoms. The molecule has 2 aliphatic rings. The molecule has 3 atom stereocenters. The average Bonchev–Trinajstić information content (AvgIpc) is 2.31. The van der Waals surface area contributed by atoms with E-state index in [9.17, 15) is 0 Å². The number of hydrogen-bond acceptors (Lipinski definition) is 1. The van der Waals surface area contributed by atoms with Crippen molar-refractivity contribution in [2.75, 3.05) is 0 Å². The van der Waals surface area contributed by atoms with Gasteiger partial charge in [-0.1, -0.05) is 13.3 Å². The van der Waals surface area contributed by atoms with Gasteiger partial charge in [0.15, 0.2) is 5.11 Å². The molecule has 1 aliphatic carbocycles. The summed E-state index contributed by atoms with van der Waals surface area (Å²) in [5.41, 5.74) is 0. The molecule has 1 saturated heterocycles. The van der Waals surface area contributed by atoms with Gasteiger partial charge in [0.25, 0.3) is 0 Å². The minimum absolute atomic E-state index is 0.608. The smallest absolute Gasteiger partial charge is 0.166 e. The van der Waals surface area contributed by atoms with Crippen LogP contribution in [0.4, 0.5) is 0 Å². The van der Waals surface area contributed by atoms with E-state index in [-0.39, 0.29) is 0 Å². The second-order valence-corrected chi connectivity index (χ2v) is 4.07. The Kier molecular flexibility index (Phi) is 1.75. The second-order valence-electron chi connectivity index (χ2n) is 3.66. The molecule has 0 bridgehead atoms. The lowest BCUT2D eigenvalue weighted by atomic mass is 9.83. The monoisotopic (exact) mass is 170 g/mol. The SMILES string of the molecule is CC1CCCC2NC(=S)NC12. The minimum Gasteiger partial charge on any atom is -0.358 e. The summed E-state index contributed by atoms with van der Waals surface area (Å²) in [7, 11) is 0. The van der Waals surface area contributed by atoms with Gasteiger partial charge in [-0.15, -0.1) is 0 Å². The summed E-state index contributed by atoms with van der Waals surface area (Å²) in [6, 6.07) is 1.22. The summed E-state index contributed by atoms with van der Waals surface area (Å²) >= 11 is 5.06. The molecule has 3 unspecified atom stereocenters. The van der Waals surface area contributed by atoms with Crippen molar-refractivity contribution in [3.63, 3.8) is 0 Å². The summed E-state index contributed by atoms with van der Waals surface area (Å²) in [4.78, 5) is 0. The Morgan fingerprint density at radius 2 is 2.18 bits per heavy atom. The van der Waals surface area contributed by atoms with E-state index in [4.69, 9.17) is 12.2 Å². The molecule has 2 fully saturated rings. The number of thiocarbonyl (C=S) groups is 1. The fourth-order valence-corrected chi connectivity index (χ4v) is 2.47. The van der Waals surface area contributed by atoms with E-state index < -0.39 is 0 Å². The van der Waals surface area contributed by atoms with Gasteiger partial charge < -0.3 is 10.6 Å². The molecule has 0 radical (unpaired) electrons. The van der Waals surface area contributed by atoms with Crippen LogP contribution in [0.1, 0.15) is 26.2 Å². The highest BCUT2D eigenvalue weighted by Crippen LogP contribution is 2.26. The molecule has 1 heterocycles. The fourth-order valence-electron chi connectivity index (χ4n) is 2.18. The van der Waals surface area contributed by atoms with Crippen molar-refractivity contribution in [2.45, 2.75) is 38.3 Å². The number of nitrogens with one attached hydrogen (secondary N) is 2. The van der Waals surface area contributed by atoms with Crippen LogP contribution in [-0.4, -0.2) is 17.2 Å². The highest BCUT2D eigenvalue weighted by Gasteiger charge is 2.35. The average molecular weight is 170 g/mol. The largest absolute Gasteiger partial charge is 0.358 e. The fraction of sp³-hybridized carbons (Fsp3) is 0.875. The highest BCUT2D eigenvalue weighted by molar-refractivity contribution is 7.80. The zero-order chi connectivity index (χ0) is 7.84. The van der Waals surface area contributed by atoms with Crippen molar-refractivity contribution < 1.29 is 0 Å². The normalized spacial score (nSPS) is 42.6. The minimum atomic E-state index is 0.608. The van der Waals surface area contributed by atoms with Crippen LogP contribution >= 0.6 is 12.2 Å². The molecule has 11 heavy (non-hydrogen) atoms. The first-order chi connectivity index (χ1) is 5.27. The zero-order valence-electron chi connectivity index (χ0n) is 6.76. The van der Waals surface area contributed by atoms with Crippen LogP contribution in [0, 0.1) is 5.92 Å². The van der Waals surface area contributed by atoms with Crippen LogP contribution < -0.4 is 10.6 Å². The number of fused-ring (bicyclic) bond motifs is 1. The first-order valence-corrected chi connectivity index (χ1v) is 4.75. The molecule has 2 nitrogen and oxygen atoms in total. The van der Waals surface area contributed by atoms with Crippen molar-refractivity contribution in [1.82, 2.24) is 10.6 Å². The Hall–Kier alpha value is -0.310. The van der Waals surface area contributed by atoms with Gasteiger partial charge in [-0.2, -0.15) is 0 Å². The molecule has 2 rings (SSSR count). The highest BCUT2D eigenvalue weighted by atomic mass is 32.1. The molecule has 1 aliphatic heterocycles. The van der Waals surface area contributed by atoms with Gasteiger partial charge in [-0.05, 0) is 31.0 Å². The van der Waals surface area contributed by atoms with Crippen LogP contribution in [0.2, 0.25) is 0 Å². The van der Waals surface area contributed by atoms with E-state index in [1.165, 1.54) is 19.3 Å². The third kappa shape index (κ3) is 1.22. The summed E-state index contributed by atoms with van der Waals surface area (Å²) < 4.78 is 0. The van der Waals surface area contributed by atoms with E-state index in [1.807, 2.05) is 0 Å². The molecule has 2 N–H and O–H groups in total. The van der Waals surface area contributed by atoms with Gasteiger partial charge in [0.2, 0.25) is 0 Å². The van der Waals surface area contributed by atoms with Crippen LogP contribution in [-0.2, 0) is 0 Å². The van der Waals surface area contributed by atoms with Gasteiger partial charge in [-0.3, -0.25) is 0 Å². The quantitative estimate of drug-likeness (QED) is 0.531. The lowest BCUT2D eigenvalue weighted by Gasteiger charge is -2.29. The molecule has 0 aromatic heterocycles. The molecule has 0 aromatic rings. The van der Waals surface area contributed by atoms with E-state index >= 15 is 0 Å². The molecule has 62 valence electrons. The molecule has 0 aromatic carbocycles. The van der Waals surface area contributed by atoms with Gasteiger partial charge in [0, 0.05) is 6.04 Å². The Morgan fingerprint density at radius 1 is 1.36 bits per heavy atom. The first kappa shape index (κ1) is 7.35. The van der Waals surface area contributed by atoms with Crippen LogP contribution in [0.3, 0.4) is 0 Å². The van der Waals surface area contributed by atoms with Gasteiger partial charge in [0.1, 0.15) is 0 Å². The standard InChI is InChI=1S/C8H14N2S/c1-5-3-2-4-6-7(5)10-8(11)9-6/h5-7H,2-4H2,1H3,(H2,9,10,11). The summed E-state index contributed by atoms with van der Waals surface area (Å²) in [6.07, 6.45) is 3.97.